The summed E-state index contributed by atoms with van der Waals surface area (Å²) in [6, 6.07) is 3.30. The lowest BCUT2D eigenvalue weighted by Gasteiger charge is -2.33. The Kier molecular flexibility index (Phi) is 4.68. The minimum atomic E-state index is -3.53. The number of ether oxygens (including phenoxy) is 1. The minimum absolute atomic E-state index is 0.0000447. The van der Waals surface area contributed by atoms with Crippen LogP contribution >= 0.6 is 0 Å². The van der Waals surface area contributed by atoms with E-state index in [0.29, 0.717) is 0 Å². The number of aryl methyl sites for hydroxylation is 1. The van der Waals surface area contributed by atoms with E-state index in [1.165, 1.54) is 6.07 Å². The van der Waals surface area contributed by atoms with E-state index >= 15 is 0 Å². The van der Waals surface area contributed by atoms with Gasteiger partial charge in [-0.3, -0.25) is 9.79 Å². The van der Waals surface area contributed by atoms with Gasteiger partial charge in [-0.15, -0.1) is 0 Å². The second-order valence-electron chi connectivity index (χ2n) is 6.27. The van der Waals surface area contributed by atoms with E-state index in [2.05, 4.69) is 15.3 Å². The van der Waals surface area contributed by atoms with Crippen LogP contribution in [-0.4, -0.2) is 35.9 Å². The number of rotatable bonds is 3. The lowest BCUT2D eigenvalue weighted by Crippen LogP contribution is -2.45. The highest BCUT2D eigenvalue weighted by Gasteiger charge is 2.54. The summed E-state index contributed by atoms with van der Waals surface area (Å²) >= 11 is 0. The third kappa shape index (κ3) is 3.52. The smallest absolute Gasteiger partial charge is 0.299 e. The summed E-state index contributed by atoms with van der Waals surface area (Å²) in [5, 5.41) is 2.47. The number of amidine groups is 1. The Morgan fingerprint density at radius 2 is 2.11 bits per heavy atom. The van der Waals surface area contributed by atoms with Gasteiger partial charge in [0, 0.05) is 18.2 Å². The highest BCUT2D eigenvalue weighted by molar-refractivity contribution is 6.02. The molecule has 1 unspecified atom stereocenters. The number of benzene rings is 1. The summed E-state index contributed by atoms with van der Waals surface area (Å²) in [5.41, 5.74) is 2.96. The number of aromatic nitrogens is 1. The van der Waals surface area contributed by atoms with Crippen LogP contribution in [0.1, 0.15) is 28.9 Å². The Morgan fingerprint density at radius 3 is 2.78 bits per heavy atom. The van der Waals surface area contributed by atoms with Crippen molar-refractivity contribution in [2.45, 2.75) is 25.3 Å². The summed E-state index contributed by atoms with van der Waals surface area (Å²) in [4.78, 5) is 19.9. The quantitative estimate of drug-likeness (QED) is 0.850. The Morgan fingerprint density at radius 1 is 1.37 bits per heavy atom. The molecule has 1 amide bonds. The molecule has 1 aromatic heterocycles. The normalized spacial score (nSPS) is 22.0. The molecule has 0 saturated carbocycles. The number of oxazole rings is 1. The third-order valence-corrected chi connectivity index (χ3v) is 4.21. The summed E-state index contributed by atoms with van der Waals surface area (Å²) in [6.07, 6.45) is 1.15. The monoisotopic (exact) mass is 382 g/mol. The molecule has 0 spiro atoms. The Bertz CT molecular complexity index is 913. The van der Waals surface area contributed by atoms with E-state index < -0.39 is 35.4 Å². The zero-order chi connectivity index (χ0) is 19.8. The van der Waals surface area contributed by atoms with E-state index in [1.807, 2.05) is 0 Å². The van der Waals surface area contributed by atoms with Crippen LogP contribution in [0.25, 0.3) is 0 Å². The number of nitrogens with two attached hydrogens (primary N) is 1. The maximum absolute atomic E-state index is 14.7. The van der Waals surface area contributed by atoms with Crippen molar-refractivity contribution in [3.63, 3.8) is 0 Å². The molecule has 144 valence electrons. The average Bonchev–Trinajstić information content (AvgIpc) is 2.98. The Balaban J connectivity index is 1.99. The van der Waals surface area contributed by atoms with Crippen LogP contribution in [0.15, 0.2) is 33.9 Å². The molecule has 0 aliphatic carbocycles. The minimum Gasteiger partial charge on any atom is -0.448 e. The van der Waals surface area contributed by atoms with Gasteiger partial charge < -0.3 is 20.2 Å². The lowest BCUT2D eigenvalue weighted by molar-refractivity contribution is -0.116. The van der Waals surface area contributed by atoms with Crippen LogP contribution in [0, 0.1) is 12.7 Å². The van der Waals surface area contributed by atoms with Crippen molar-refractivity contribution in [1.29, 1.82) is 0 Å². The Labute approximate surface area is 152 Å². The highest BCUT2D eigenvalue weighted by atomic mass is 19.3. The molecule has 0 radical (unpaired) electrons. The predicted octanol–water partition coefficient (Wildman–Crippen LogP) is 2.61. The zero-order valence-corrected chi connectivity index (χ0v) is 14.6. The van der Waals surface area contributed by atoms with Crippen LogP contribution in [0.3, 0.4) is 0 Å². The van der Waals surface area contributed by atoms with Crippen molar-refractivity contribution in [3.05, 3.63) is 47.4 Å². The van der Waals surface area contributed by atoms with Gasteiger partial charge in [-0.1, -0.05) is 0 Å². The first kappa shape index (κ1) is 18.9. The number of carbonyl (C=O) groups excluding carboxylic acids is 1. The fourth-order valence-corrected chi connectivity index (χ4v) is 2.72. The van der Waals surface area contributed by atoms with Crippen molar-refractivity contribution >= 4 is 17.4 Å². The molecule has 0 saturated heterocycles. The van der Waals surface area contributed by atoms with Crippen molar-refractivity contribution in [2.75, 3.05) is 18.5 Å². The van der Waals surface area contributed by atoms with Crippen molar-refractivity contribution in [3.8, 4) is 0 Å². The number of anilines is 1. The van der Waals surface area contributed by atoms with E-state index in [0.717, 1.165) is 25.3 Å². The molecule has 10 heteroatoms. The van der Waals surface area contributed by atoms with Gasteiger partial charge in [0.2, 0.25) is 0 Å². The number of halogens is 3. The number of aliphatic imine (C=N–C) groups is 1. The molecule has 1 aliphatic heterocycles. The highest BCUT2D eigenvalue weighted by Crippen LogP contribution is 2.44. The van der Waals surface area contributed by atoms with E-state index in [4.69, 9.17) is 14.9 Å². The zero-order valence-electron chi connectivity index (χ0n) is 14.6. The summed E-state index contributed by atoms with van der Waals surface area (Å²) < 4.78 is 53.5. The number of carbonyl (C=O) groups is 1. The molecule has 27 heavy (non-hydrogen) atoms. The van der Waals surface area contributed by atoms with Gasteiger partial charge in [0.05, 0.1) is 0 Å². The second kappa shape index (κ2) is 6.69. The largest absolute Gasteiger partial charge is 0.448 e. The predicted molar refractivity (Wildman–Crippen MR) is 90.3 cm³/mol. The molecule has 2 aromatic rings. The molecule has 0 fully saturated rings. The van der Waals surface area contributed by atoms with Gasteiger partial charge in [0.1, 0.15) is 31.1 Å². The molecule has 1 atom stereocenters. The fraction of sp³-hybridized carbons (Fsp3) is 0.353. The summed E-state index contributed by atoms with van der Waals surface area (Å²) in [5.74, 6) is -4.96. The number of hydrogen-bond donors (Lipinski definition) is 2. The number of nitrogens with one attached hydrogen (secondary N) is 1. The van der Waals surface area contributed by atoms with Crippen LogP contribution in [0.2, 0.25) is 0 Å². The lowest BCUT2D eigenvalue weighted by atomic mass is 9.85. The van der Waals surface area contributed by atoms with Gasteiger partial charge in [0.25, 0.3) is 11.8 Å². The number of alkyl halides is 2. The molecule has 3 rings (SSSR count). The van der Waals surface area contributed by atoms with Crippen LogP contribution in [0.5, 0.6) is 0 Å². The van der Waals surface area contributed by atoms with E-state index in [9.17, 15) is 18.0 Å². The van der Waals surface area contributed by atoms with Crippen molar-refractivity contribution in [1.82, 2.24) is 4.98 Å². The van der Waals surface area contributed by atoms with Gasteiger partial charge in [-0.25, -0.2) is 18.2 Å². The Hall–Kier alpha value is -2.88. The first-order valence-electron chi connectivity index (χ1n) is 7.96. The molecule has 0 bridgehead atoms. The molecular weight excluding hydrogens is 365 g/mol. The maximum atomic E-state index is 14.7. The molecule has 3 N–H and O–H groups in total. The summed E-state index contributed by atoms with van der Waals surface area (Å²) in [6.45, 7) is 1.38. The second-order valence-corrected chi connectivity index (χ2v) is 6.27. The summed E-state index contributed by atoms with van der Waals surface area (Å²) in [7, 11) is 0. The SMILES string of the molecule is Cc1nc(C(=O)Nc2ccc(F)c(C3(C)N=C(N)COCC3(F)F)c2)co1. The van der Waals surface area contributed by atoms with Gasteiger partial charge in [-0.05, 0) is 25.1 Å². The topological polar surface area (TPSA) is 103 Å². The first-order chi connectivity index (χ1) is 12.6. The van der Waals surface area contributed by atoms with Gasteiger partial charge in [-0.2, -0.15) is 0 Å². The van der Waals surface area contributed by atoms with Crippen LogP contribution in [-0.2, 0) is 10.3 Å². The van der Waals surface area contributed by atoms with Crippen molar-refractivity contribution < 1.29 is 27.1 Å². The molecule has 1 aliphatic rings. The number of nitrogens with zero attached hydrogens (tertiary/aromatic N) is 2. The van der Waals surface area contributed by atoms with Crippen molar-refractivity contribution in [2.24, 2.45) is 10.7 Å². The standard InChI is InChI=1S/C17H17F3N4O3/c1-9-22-13(6-27-9)15(25)23-10-3-4-12(18)11(5-10)16(2)17(19,20)8-26-7-14(21)24-16/h3-6H,7-8H2,1-2H3,(H2,21,24)(H,23,25). The third-order valence-electron chi connectivity index (χ3n) is 4.21. The molecule has 1 aromatic carbocycles. The molecular formula is C17H17F3N4O3. The number of amides is 1. The molecule has 7 nitrogen and oxygen atoms in total. The fourth-order valence-electron chi connectivity index (χ4n) is 2.72. The average molecular weight is 382 g/mol. The van der Waals surface area contributed by atoms with E-state index in [-0.39, 0.29) is 29.7 Å². The van der Waals surface area contributed by atoms with Crippen LogP contribution < -0.4 is 11.1 Å². The van der Waals surface area contributed by atoms with Crippen LogP contribution in [0.4, 0.5) is 18.9 Å². The van der Waals surface area contributed by atoms with Gasteiger partial charge in [0.15, 0.2) is 17.1 Å². The van der Waals surface area contributed by atoms with E-state index in [1.54, 1.807) is 6.92 Å². The van der Waals surface area contributed by atoms with Gasteiger partial charge >= 0.3 is 0 Å². The number of hydrogen-bond acceptors (Lipinski definition) is 6. The maximum Gasteiger partial charge on any atom is 0.299 e. The first-order valence-corrected chi connectivity index (χ1v) is 7.96. The molecule has 2 heterocycles.